The number of nitrogens with two attached hydrogens (primary N) is 1. The molecule has 2 N–H and O–H groups in total. The Hall–Kier alpha value is -0.740. The Morgan fingerprint density at radius 2 is 2.11 bits per heavy atom. The number of anilines is 1. The smallest absolute Gasteiger partial charge is 0.107 e. The highest BCUT2D eigenvalue weighted by Gasteiger charge is 2.13. The van der Waals surface area contributed by atoms with E-state index in [1.54, 1.807) is 11.8 Å². The topological polar surface area (TPSA) is 29.3 Å². The number of hydrogen-bond acceptors (Lipinski definition) is 3. The SMILES string of the molecule is CSc1cccc(N(C)CCC(C)C)c1C(N)=S. The van der Waals surface area contributed by atoms with Gasteiger partial charge in [-0.05, 0) is 30.7 Å². The van der Waals surface area contributed by atoms with E-state index in [2.05, 4.69) is 50.2 Å². The molecule has 0 aliphatic carbocycles. The summed E-state index contributed by atoms with van der Waals surface area (Å²) in [5.41, 5.74) is 8.02. The highest BCUT2D eigenvalue weighted by Crippen LogP contribution is 2.29. The molecule has 0 aromatic heterocycles. The summed E-state index contributed by atoms with van der Waals surface area (Å²) in [6.07, 6.45) is 3.21. The molecule has 0 saturated heterocycles. The summed E-state index contributed by atoms with van der Waals surface area (Å²) in [5, 5.41) is 0. The van der Waals surface area contributed by atoms with E-state index >= 15 is 0 Å². The van der Waals surface area contributed by atoms with Crippen LogP contribution in [-0.2, 0) is 0 Å². The van der Waals surface area contributed by atoms with Crippen molar-refractivity contribution in [2.24, 2.45) is 11.7 Å². The van der Waals surface area contributed by atoms with Crippen LogP contribution in [0.3, 0.4) is 0 Å². The van der Waals surface area contributed by atoms with Crippen LogP contribution in [0, 0.1) is 5.92 Å². The minimum atomic E-state index is 0.478. The zero-order valence-electron chi connectivity index (χ0n) is 11.6. The largest absolute Gasteiger partial charge is 0.389 e. The predicted molar refractivity (Wildman–Crippen MR) is 86.8 cm³/mol. The highest BCUT2D eigenvalue weighted by molar-refractivity contribution is 7.98. The minimum Gasteiger partial charge on any atom is -0.389 e. The quantitative estimate of drug-likeness (QED) is 0.638. The van der Waals surface area contributed by atoms with Crippen molar-refractivity contribution in [1.82, 2.24) is 0 Å². The average Bonchev–Trinajstić information content (AvgIpc) is 2.34. The summed E-state index contributed by atoms with van der Waals surface area (Å²) < 4.78 is 0. The first-order chi connectivity index (χ1) is 8.47. The fourth-order valence-electron chi connectivity index (χ4n) is 1.83. The third-order valence-electron chi connectivity index (χ3n) is 2.92. The molecule has 4 heteroatoms. The maximum absolute atomic E-state index is 5.88. The third-order valence-corrected chi connectivity index (χ3v) is 3.91. The van der Waals surface area contributed by atoms with Gasteiger partial charge in [-0.25, -0.2) is 0 Å². The summed E-state index contributed by atoms with van der Waals surface area (Å²) in [7, 11) is 2.10. The zero-order valence-corrected chi connectivity index (χ0v) is 13.2. The maximum Gasteiger partial charge on any atom is 0.107 e. The number of benzene rings is 1. The van der Waals surface area contributed by atoms with Crippen LogP contribution in [0.1, 0.15) is 25.8 Å². The number of thiocarbonyl (C=S) groups is 1. The van der Waals surface area contributed by atoms with Gasteiger partial charge in [0.05, 0.1) is 0 Å². The van der Waals surface area contributed by atoms with E-state index in [1.807, 2.05) is 0 Å². The standard InChI is InChI=1S/C14H22N2S2/c1-10(2)8-9-16(3)11-6-5-7-12(18-4)13(11)14(15)17/h5-7,10H,8-9H2,1-4H3,(H2,15,17). The van der Waals surface area contributed by atoms with E-state index in [0.717, 1.165) is 29.1 Å². The van der Waals surface area contributed by atoms with Crippen LogP contribution in [0.5, 0.6) is 0 Å². The lowest BCUT2D eigenvalue weighted by atomic mass is 10.1. The van der Waals surface area contributed by atoms with Gasteiger partial charge in [0.1, 0.15) is 4.99 Å². The first-order valence-electron chi connectivity index (χ1n) is 6.15. The molecule has 0 aliphatic heterocycles. The Bertz CT molecular complexity index is 416. The lowest BCUT2D eigenvalue weighted by molar-refractivity contribution is 0.585. The van der Waals surface area contributed by atoms with Crippen LogP contribution >= 0.6 is 24.0 Å². The number of rotatable bonds is 6. The maximum atomic E-state index is 5.88. The van der Waals surface area contributed by atoms with Crippen LogP contribution in [0.25, 0.3) is 0 Å². The molecule has 2 nitrogen and oxygen atoms in total. The van der Waals surface area contributed by atoms with Gasteiger partial charge in [0.25, 0.3) is 0 Å². The van der Waals surface area contributed by atoms with E-state index in [0.29, 0.717) is 10.9 Å². The minimum absolute atomic E-state index is 0.478. The molecular formula is C14H22N2S2. The van der Waals surface area contributed by atoms with Crippen LogP contribution < -0.4 is 10.6 Å². The molecule has 18 heavy (non-hydrogen) atoms. The van der Waals surface area contributed by atoms with Gasteiger partial charge in [0, 0.05) is 29.7 Å². The van der Waals surface area contributed by atoms with Crippen LogP contribution in [-0.4, -0.2) is 24.8 Å². The Kier molecular flexibility index (Phi) is 5.96. The van der Waals surface area contributed by atoms with Crippen molar-refractivity contribution in [3.8, 4) is 0 Å². The van der Waals surface area contributed by atoms with E-state index < -0.39 is 0 Å². The van der Waals surface area contributed by atoms with E-state index in [1.165, 1.54) is 0 Å². The fraction of sp³-hybridized carbons (Fsp3) is 0.500. The first kappa shape index (κ1) is 15.3. The highest BCUT2D eigenvalue weighted by atomic mass is 32.2. The molecule has 0 bridgehead atoms. The Morgan fingerprint density at radius 1 is 1.44 bits per heavy atom. The van der Waals surface area contributed by atoms with Gasteiger partial charge >= 0.3 is 0 Å². The van der Waals surface area contributed by atoms with E-state index in [-0.39, 0.29) is 0 Å². The molecule has 0 amide bonds. The molecular weight excluding hydrogens is 260 g/mol. The van der Waals surface area contributed by atoms with Crippen molar-refractivity contribution in [2.75, 3.05) is 24.7 Å². The number of thioether (sulfide) groups is 1. The van der Waals surface area contributed by atoms with Gasteiger partial charge in [-0.3, -0.25) is 0 Å². The molecule has 0 unspecified atom stereocenters. The normalized spacial score (nSPS) is 10.7. The Morgan fingerprint density at radius 3 is 2.61 bits per heavy atom. The van der Waals surface area contributed by atoms with Crippen molar-refractivity contribution < 1.29 is 0 Å². The lowest BCUT2D eigenvalue weighted by Crippen LogP contribution is -2.24. The summed E-state index contributed by atoms with van der Waals surface area (Å²) in [6.45, 7) is 5.49. The molecule has 1 rings (SSSR count). The lowest BCUT2D eigenvalue weighted by Gasteiger charge is -2.24. The summed E-state index contributed by atoms with van der Waals surface area (Å²) in [5.74, 6) is 0.699. The molecule has 0 saturated carbocycles. The molecule has 0 fully saturated rings. The second-order valence-electron chi connectivity index (χ2n) is 4.82. The predicted octanol–water partition coefficient (Wildman–Crippen LogP) is 3.53. The monoisotopic (exact) mass is 282 g/mol. The summed E-state index contributed by atoms with van der Waals surface area (Å²) in [4.78, 5) is 3.87. The van der Waals surface area contributed by atoms with Crippen LogP contribution in [0.15, 0.2) is 23.1 Å². The van der Waals surface area contributed by atoms with Gasteiger partial charge in [-0.2, -0.15) is 0 Å². The Balaban J connectivity index is 3.03. The van der Waals surface area contributed by atoms with Crippen molar-refractivity contribution in [3.63, 3.8) is 0 Å². The second-order valence-corrected chi connectivity index (χ2v) is 6.11. The fourth-order valence-corrected chi connectivity index (χ4v) is 2.74. The van der Waals surface area contributed by atoms with Crippen LogP contribution in [0.2, 0.25) is 0 Å². The molecule has 0 heterocycles. The van der Waals surface area contributed by atoms with Gasteiger partial charge in [0.15, 0.2) is 0 Å². The first-order valence-corrected chi connectivity index (χ1v) is 7.78. The van der Waals surface area contributed by atoms with Crippen molar-refractivity contribution >= 4 is 34.7 Å². The van der Waals surface area contributed by atoms with Crippen LogP contribution in [0.4, 0.5) is 5.69 Å². The third kappa shape index (κ3) is 3.89. The van der Waals surface area contributed by atoms with Gasteiger partial charge in [-0.1, -0.05) is 32.1 Å². The Labute approximate surface area is 120 Å². The molecule has 0 spiro atoms. The number of hydrogen-bond donors (Lipinski definition) is 1. The summed E-state index contributed by atoms with van der Waals surface area (Å²) >= 11 is 6.88. The van der Waals surface area contributed by atoms with Gasteiger partial charge in [0.2, 0.25) is 0 Å². The van der Waals surface area contributed by atoms with E-state index in [9.17, 15) is 0 Å². The van der Waals surface area contributed by atoms with Gasteiger partial charge in [-0.15, -0.1) is 11.8 Å². The zero-order chi connectivity index (χ0) is 13.7. The van der Waals surface area contributed by atoms with Crippen molar-refractivity contribution in [1.29, 1.82) is 0 Å². The average molecular weight is 282 g/mol. The molecule has 100 valence electrons. The molecule has 0 atom stereocenters. The molecule has 0 radical (unpaired) electrons. The summed E-state index contributed by atoms with van der Waals surface area (Å²) in [6, 6.07) is 6.22. The second kappa shape index (κ2) is 7.00. The molecule has 0 aliphatic rings. The molecule has 1 aromatic rings. The van der Waals surface area contributed by atoms with Gasteiger partial charge < -0.3 is 10.6 Å². The number of nitrogens with zero attached hydrogens (tertiary/aromatic N) is 1. The van der Waals surface area contributed by atoms with Crippen molar-refractivity contribution in [2.45, 2.75) is 25.2 Å². The van der Waals surface area contributed by atoms with Crippen molar-refractivity contribution in [3.05, 3.63) is 23.8 Å². The van der Waals surface area contributed by atoms with E-state index in [4.69, 9.17) is 18.0 Å². The molecule has 1 aromatic carbocycles.